The minimum absolute atomic E-state index is 0.0583. The summed E-state index contributed by atoms with van der Waals surface area (Å²) in [4.78, 5) is 14.3. The molecule has 1 fully saturated rings. The highest BCUT2D eigenvalue weighted by atomic mass is 32.2. The molecule has 2 rings (SSSR count). The van der Waals surface area contributed by atoms with Crippen molar-refractivity contribution in [1.29, 1.82) is 0 Å². The SMILES string of the molecule is COc1cc(C)c(S(=O)(=O)N(C)CCOCC(=O)N(C)CC2CCC(N)CC2)c(C)c1. The average molecular weight is 456 g/mol. The number of nitrogens with two attached hydrogens (primary N) is 1. The molecule has 9 heteroatoms. The molecule has 0 bridgehead atoms. The summed E-state index contributed by atoms with van der Waals surface area (Å²) in [6.45, 7) is 4.45. The van der Waals surface area contributed by atoms with Crippen molar-refractivity contribution in [3.05, 3.63) is 23.3 Å². The third-order valence-corrected chi connectivity index (χ3v) is 8.13. The van der Waals surface area contributed by atoms with Crippen molar-refractivity contribution < 1.29 is 22.7 Å². The number of ether oxygens (including phenoxy) is 2. The third-order valence-electron chi connectivity index (χ3n) is 5.96. The number of hydrogen-bond donors (Lipinski definition) is 1. The lowest BCUT2D eigenvalue weighted by molar-refractivity contribution is -0.135. The van der Waals surface area contributed by atoms with Crippen LogP contribution < -0.4 is 10.5 Å². The Labute approximate surface area is 186 Å². The monoisotopic (exact) mass is 455 g/mol. The van der Waals surface area contributed by atoms with Gasteiger partial charge in [-0.1, -0.05) is 0 Å². The lowest BCUT2D eigenvalue weighted by atomic mass is 9.86. The summed E-state index contributed by atoms with van der Waals surface area (Å²) in [6, 6.07) is 3.71. The maximum absolute atomic E-state index is 13.0. The van der Waals surface area contributed by atoms with Gasteiger partial charge in [0, 0.05) is 33.2 Å². The molecule has 0 radical (unpaired) electrons. The second-order valence-electron chi connectivity index (χ2n) is 8.52. The molecule has 8 nitrogen and oxygen atoms in total. The molecule has 0 unspecified atom stereocenters. The number of methoxy groups -OCH3 is 1. The van der Waals surface area contributed by atoms with E-state index < -0.39 is 10.0 Å². The van der Waals surface area contributed by atoms with Gasteiger partial charge in [-0.2, -0.15) is 4.31 Å². The lowest BCUT2D eigenvalue weighted by Crippen LogP contribution is -2.38. The first-order chi connectivity index (χ1) is 14.6. The van der Waals surface area contributed by atoms with E-state index in [9.17, 15) is 13.2 Å². The highest BCUT2D eigenvalue weighted by Crippen LogP contribution is 2.27. The summed E-state index contributed by atoms with van der Waals surface area (Å²) in [5, 5.41) is 0. The van der Waals surface area contributed by atoms with Crippen molar-refractivity contribution in [3.8, 4) is 5.75 Å². The summed E-state index contributed by atoms with van der Waals surface area (Å²) >= 11 is 0. The molecule has 0 aromatic heterocycles. The molecule has 0 heterocycles. The van der Waals surface area contributed by atoms with E-state index in [1.54, 1.807) is 45.0 Å². The van der Waals surface area contributed by atoms with E-state index in [-0.39, 0.29) is 30.6 Å². The number of hydrogen-bond acceptors (Lipinski definition) is 6. The highest BCUT2D eigenvalue weighted by Gasteiger charge is 2.26. The molecule has 31 heavy (non-hydrogen) atoms. The predicted molar refractivity (Wildman–Crippen MR) is 121 cm³/mol. The van der Waals surface area contributed by atoms with Gasteiger partial charge in [-0.25, -0.2) is 8.42 Å². The molecule has 0 atom stereocenters. The van der Waals surface area contributed by atoms with Crippen LogP contribution in [0.5, 0.6) is 5.75 Å². The number of likely N-dealkylation sites (N-methyl/N-ethyl adjacent to an activating group) is 2. The Hall–Kier alpha value is -1.68. The molecule has 2 N–H and O–H groups in total. The van der Waals surface area contributed by atoms with E-state index in [1.165, 1.54) is 11.4 Å². The quantitative estimate of drug-likeness (QED) is 0.541. The molecule has 1 saturated carbocycles. The van der Waals surface area contributed by atoms with E-state index in [2.05, 4.69) is 0 Å². The van der Waals surface area contributed by atoms with Gasteiger partial charge in [0.25, 0.3) is 0 Å². The van der Waals surface area contributed by atoms with Crippen molar-refractivity contribution in [2.75, 3.05) is 47.5 Å². The molecule has 0 spiro atoms. The van der Waals surface area contributed by atoms with Crippen molar-refractivity contribution in [1.82, 2.24) is 9.21 Å². The molecule has 0 aliphatic heterocycles. The summed E-state index contributed by atoms with van der Waals surface area (Å²) in [5.74, 6) is 1.02. The zero-order valence-corrected chi connectivity index (χ0v) is 20.2. The van der Waals surface area contributed by atoms with E-state index in [4.69, 9.17) is 15.2 Å². The van der Waals surface area contributed by atoms with Gasteiger partial charge >= 0.3 is 0 Å². The number of nitrogens with zero attached hydrogens (tertiary/aromatic N) is 2. The first-order valence-electron chi connectivity index (χ1n) is 10.7. The zero-order chi connectivity index (χ0) is 23.2. The second kappa shape index (κ2) is 11.3. The second-order valence-corrected chi connectivity index (χ2v) is 10.5. The summed E-state index contributed by atoms with van der Waals surface area (Å²) in [7, 11) is 1.18. The van der Waals surface area contributed by atoms with Gasteiger partial charge in [0.05, 0.1) is 18.6 Å². The van der Waals surface area contributed by atoms with Crippen molar-refractivity contribution >= 4 is 15.9 Å². The minimum Gasteiger partial charge on any atom is -0.497 e. The van der Waals surface area contributed by atoms with Gasteiger partial charge in [-0.05, 0) is 68.7 Å². The predicted octanol–water partition coefficient (Wildman–Crippen LogP) is 1.93. The van der Waals surface area contributed by atoms with Gasteiger partial charge in [-0.3, -0.25) is 4.79 Å². The van der Waals surface area contributed by atoms with Gasteiger partial charge in [0.15, 0.2) is 0 Å². The van der Waals surface area contributed by atoms with Crippen LogP contribution in [0.4, 0.5) is 0 Å². The normalized spacial score (nSPS) is 19.5. The van der Waals surface area contributed by atoms with Gasteiger partial charge in [-0.15, -0.1) is 0 Å². The highest BCUT2D eigenvalue weighted by molar-refractivity contribution is 7.89. The Kier molecular flexibility index (Phi) is 9.29. The van der Waals surface area contributed by atoms with Crippen LogP contribution in [0.15, 0.2) is 17.0 Å². The minimum atomic E-state index is -3.67. The molecule has 1 aliphatic rings. The summed E-state index contributed by atoms with van der Waals surface area (Å²) < 4.78 is 37.9. The van der Waals surface area contributed by atoms with Gasteiger partial charge in [0.1, 0.15) is 12.4 Å². The van der Waals surface area contributed by atoms with Crippen LogP contribution in [-0.2, 0) is 19.6 Å². The van der Waals surface area contributed by atoms with Crippen LogP contribution in [0, 0.1) is 19.8 Å². The number of amides is 1. The van der Waals surface area contributed by atoms with Crippen LogP contribution in [-0.4, -0.2) is 77.1 Å². The number of benzene rings is 1. The topological polar surface area (TPSA) is 102 Å². The van der Waals surface area contributed by atoms with Crippen LogP contribution in [0.2, 0.25) is 0 Å². The molecule has 1 aromatic carbocycles. The zero-order valence-electron chi connectivity index (χ0n) is 19.4. The van der Waals surface area contributed by atoms with Crippen molar-refractivity contribution in [2.24, 2.45) is 11.7 Å². The fourth-order valence-electron chi connectivity index (χ4n) is 4.03. The summed E-state index contributed by atoms with van der Waals surface area (Å²) in [5.41, 5.74) is 7.20. The Morgan fingerprint density at radius 3 is 2.26 bits per heavy atom. The first kappa shape index (κ1) is 25.6. The van der Waals surface area contributed by atoms with Crippen molar-refractivity contribution in [3.63, 3.8) is 0 Å². The lowest BCUT2D eigenvalue weighted by Gasteiger charge is -2.29. The molecular weight excluding hydrogens is 418 g/mol. The van der Waals surface area contributed by atoms with E-state index in [0.29, 0.717) is 35.4 Å². The number of carbonyl (C=O) groups is 1. The average Bonchev–Trinajstić information content (AvgIpc) is 2.71. The Balaban J connectivity index is 1.82. The number of sulfonamides is 1. The van der Waals surface area contributed by atoms with Gasteiger partial charge in [0.2, 0.25) is 15.9 Å². The Morgan fingerprint density at radius 2 is 1.71 bits per heavy atom. The van der Waals surface area contributed by atoms with Crippen LogP contribution in [0.25, 0.3) is 0 Å². The van der Waals surface area contributed by atoms with Crippen LogP contribution >= 0.6 is 0 Å². The van der Waals surface area contributed by atoms with E-state index >= 15 is 0 Å². The third kappa shape index (κ3) is 6.90. The molecular formula is C22H37N3O5S. The largest absolute Gasteiger partial charge is 0.497 e. The molecule has 1 amide bonds. The van der Waals surface area contributed by atoms with E-state index in [0.717, 1.165) is 25.7 Å². The Bertz CT molecular complexity index is 828. The van der Waals surface area contributed by atoms with Crippen LogP contribution in [0.1, 0.15) is 36.8 Å². The molecule has 176 valence electrons. The van der Waals surface area contributed by atoms with Crippen molar-refractivity contribution in [2.45, 2.75) is 50.5 Å². The first-order valence-corrected chi connectivity index (χ1v) is 12.2. The Morgan fingerprint density at radius 1 is 1.13 bits per heavy atom. The maximum atomic E-state index is 13.0. The van der Waals surface area contributed by atoms with Gasteiger partial charge < -0.3 is 20.1 Å². The smallest absolute Gasteiger partial charge is 0.248 e. The van der Waals surface area contributed by atoms with E-state index in [1.807, 2.05) is 0 Å². The number of rotatable bonds is 10. The number of carbonyl (C=O) groups excluding carboxylic acids is 1. The number of aryl methyl sites for hydroxylation is 2. The standard InChI is InChI=1S/C22H37N3O5S/c1-16-12-20(29-5)13-17(2)22(16)31(27,28)25(4)10-11-30-15-21(26)24(3)14-18-6-8-19(23)9-7-18/h12-13,18-19H,6-11,14-15,23H2,1-5H3. The molecule has 1 aromatic rings. The van der Waals surface area contributed by atoms with Crippen LogP contribution in [0.3, 0.4) is 0 Å². The molecule has 0 saturated heterocycles. The summed E-state index contributed by atoms with van der Waals surface area (Å²) in [6.07, 6.45) is 4.12. The fraction of sp³-hybridized carbons (Fsp3) is 0.682. The molecule has 1 aliphatic carbocycles. The fourth-order valence-corrected chi connectivity index (χ4v) is 5.59. The maximum Gasteiger partial charge on any atom is 0.248 e.